The van der Waals surface area contributed by atoms with Crippen molar-refractivity contribution >= 4 is 21.6 Å². The lowest BCUT2D eigenvalue weighted by atomic mass is 9.97. The van der Waals surface area contributed by atoms with E-state index in [4.69, 9.17) is 4.74 Å². The van der Waals surface area contributed by atoms with Gasteiger partial charge >= 0.3 is 0 Å². The molecule has 0 heterocycles. The van der Waals surface area contributed by atoms with E-state index in [2.05, 4.69) is 16.7 Å². The molecule has 1 aliphatic rings. The second kappa shape index (κ2) is 10.5. The smallest absolute Gasteiger partial charge is 0.246 e. The lowest BCUT2D eigenvalue weighted by molar-refractivity contribution is -0.119. The number of anilines is 1. The quantitative estimate of drug-likeness (QED) is 0.580. The van der Waals surface area contributed by atoms with Crippen LogP contribution in [0.25, 0.3) is 0 Å². The van der Waals surface area contributed by atoms with Crippen molar-refractivity contribution in [3.8, 4) is 5.75 Å². The third kappa shape index (κ3) is 6.24. The molecule has 8 heteroatoms. The zero-order chi connectivity index (χ0) is 20.6. The molecular weight excluding hydrogens is 378 g/mol. The topological polar surface area (TPSA) is 87.7 Å². The van der Waals surface area contributed by atoms with Gasteiger partial charge in [0.05, 0.1) is 13.2 Å². The Morgan fingerprint density at radius 1 is 1.25 bits per heavy atom. The molecule has 0 saturated carbocycles. The monoisotopic (exact) mass is 409 g/mol. The van der Waals surface area contributed by atoms with Crippen molar-refractivity contribution < 1.29 is 17.9 Å². The molecule has 156 valence electrons. The van der Waals surface area contributed by atoms with Gasteiger partial charge in [-0.25, -0.2) is 12.7 Å². The maximum absolute atomic E-state index is 12.5. The van der Waals surface area contributed by atoms with Gasteiger partial charge in [0, 0.05) is 26.3 Å². The van der Waals surface area contributed by atoms with Gasteiger partial charge in [-0.2, -0.15) is 0 Å². The predicted octanol–water partition coefficient (Wildman–Crippen LogP) is 2.75. The van der Waals surface area contributed by atoms with E-state index < -0.39 is 10.0 Å². The number of nitrogens with one attached hydrogen (secondary N) is 2. The first-order valence-electron chi connectivity index (χ1n) is 9.72. The Balaban J connectivity index is 1.94. The summed E-state index contributed by atoms with van der Waals surface area (Å²) < 4.78 is 31.7. The summed E-state index contributed by atoms with van der Waals surface area (Å²) >= 11 is 0. The molecule has 0 unspecified atom stereocenters. The molecule has 1 aromatic rings. The number of hydrogen-bond acceptors (Lipinski definition) is 5. The summed E-state index contributed by atoms with van der Waals surface area (Å²) in [5, 5.41) is 5.89. The molecule has 2 rings (SSSR count). The molecule has 0 fully saturated rings. The number of hydrogen-bond donors (Lipinski definition) is 2. The lowest BCUT2D eigenvalue weighted by Gasteiger charge is -2.17. The van der Waals surface area contributed by atoms with Crippen LogP contribution < -0.4 is 15.4 Å². The van der Waals surface area contributed by atoms with Crippen LogP contribution in [0.5, 0.6) is 5.75 Å². The van der Waals surface area contributed by atoms with Crippen LogP contribution in [-0.2, 0) is 14.8 Å². The summed E-state index contributed by atoms with van der Waals surface area (Å²) in [5.41, 5.74) is 1.97. The van der Waals surface area contributed by atoms with E-state index in [1.54, 1.807) is 19.1 Å². The average molecular weight is 410 g/mol. The molecule has 1 aliphatic carbocycles. The second-order valence-corrected chi connectivity index (χ2v) is 9.06. The van der Waals surface area contributed by atoms with Crippen LogP contribution in [0.2, 0.25) is 0 Å². The predicted molar refractivity (Wildman–Crippen MR) is 111 cm³/mol. The fraction of sp³-hybridized carbons (Fsp3) is 0.550. The van der Waals surface area contributed by atoms with Crippen LogP contribution in [0.1, 0.15) is 39.0 Å². The number of carbonyl (C=O) groups is 1. The number of benzene rings is 1. The summed E-state index contributed by atoms with van der Waals surface area (Å²) in [5.74, 6) is 0.175. The van der Waals surface area contributed by atoms with Crippen molar-refractivity contribution in [2.24, 2.45) is 0 Å². The van der Waals surface area contributed by atoms with Gasteiger partial charge in [-0.1, -0.05) is 11.6 Å². The van der Waals surface area contributed by atoms with E-state index in [1.807, 2.05) is 0 Å². The van der Waals surface area contributed by atoms with E-state index in [0.717, 1.165) is 23.6 Å². The van der Waals surface area contributed by atoms with Crippen LogP contribution in [0.15, 0.2) is 34.7 Å². The molecule has 0 radical (unpaired) electrons. The van der Waals surface area contributed by atoms with Gasteiger partial charge in [0.25, 0.3) is 0 Å². The molecule has 7 nitrogen and oxygen atoms in total. The van der Waals surface area contributed by atoms with Crippen molar-refractivity contribution in [1.29, 1.82) is 0 Å². The first-order chi connectivity index (χ1) is 13.3. The molecule has 0 aliphatic heterocycles. The third-order valence-corrected chi connectivity index (χ3v) is 6.44. The molecule has 1 amide bonds. The van der Waals surface area contributed by atoms with Crippen LogP contribution in [0, 0.1) is 0 Å². The number of amides is 1. The lowest BCUT2D eigenvalue weighted by Crippen LogP contribution is -2.31. The minimum absolute atomic E-state index is 0.0778. The molecule has 0 bridgehead atoms. The molecule has 28 heavy (non-hydrogen) atoms. The number of sulfonamides is 1. The summed E-state index contributed by atoms with van der Waals surface area (Å²) in [6, 6.07) is 4.82. The van der Waals surface area contributed by atoms with Gasteiger partial charge < -0.3 is 15.4 Å². The largest absolute Gasteiger partial charge is 0.492 e. The Morgan fingerprint density at radius 3 is 2.68 bits per heavy atom. The van der Waals surface area contributed by atoms with Crippen molar-refractivity contribution in [3.63, 3.8) is 0 Å². The summed E-state index contributed by atoms with van der Waals surface area (Å²) in [4.78, 5) is 12.2. The van der Waals surface area contributed by atoms with Gasteiger partial charge in [0.15, 0.2) is 0 Å². The van der Waals surface area contributed by atoms with Gasteiger partial charge in [-0.3, -0.25) is 4.79 Å². The van der Waals surface area contributed by atoms with Crippen LogP contribution in [0.4, 0.5) is 5.69 Å². The van der Waals surface area contributed by atoms with Crippen LogP contribution >= 0.6 is 0 Å². The Bertz CT molecular complexity index is 804. The fourth-order valence-electron chi connectivity index (χ4n) is 3.03. The highest BCUT2D eigenvalue weighted by molar-refractivity contribution is 7.89. The van der Waals surface area contributed by atoms with Crippen molar-refractivity contribution in [2.45, 2.75) is 43.9 Å². The number of carbonyl (C=O) groups excluding carboxylic acids is 1. The second-order valence-electron chi connectivity index (χ2n) is 6.94. The van der Waals surface area contributed by atoms with Crippen molar-refractivity contribution in [2.75, 3.05) is 39.1 Å². The van der Waals surface area contributed by atoms with E-state index >= 15 is 0 Å². The highest BCUT2D eigenvalue weighted by Crippen LogP contribution is 2.29. The average Bonchev–Trinajstić information content (AvgIpc) is 2.68. The number of rotatable bonds is 10. The number of allylic oxidation sites excluding steroid dienone is 1. The Hall–Kier alpha value is -2.06. The maximum atomic E-state index is 12.5. The van der Waals surface area contributed by atoms with E-state index in [-0.39, 0.29) is 17.3 Å². The maximum Gasteiger partial charge on any atom is 0.246 e. The van der Waals surface area contributed by atoms with E-state index in [9.17, 15) is 13.2 Å². The van der Waals surface area contributed by atoms with Gasteiger partial charge in [-0.05, 0) is 57.2 Å². The molecular formula is C20H31N3O4S. The normalized spacial score (nSPS) is 14.5. The minimum atomic E-state index is -3.66. The molecule has 0 spiro atoms. The van der Waals surface area contributed by atoms with Crippen molar-refractivity contribution in [1.82, 2.24) is 9.62 Å². The molecule has 2 N–H and O–H groups in total. The molecule has 0 atom stereocenters. The van der Waals surface area contributed by atoms with Crippen LogP contribution in [-0.4, -0.2) is 52.4 Å². The standard InChI is InChI=1S/C20H31N3O4S/c1-4-27-18-11-10-17(14-19(18)28(25,26)23(2)3)22-15-20(24)21-13-12-16-8-6-5-7-9-16/h8,10-11,14,22H,4-7,9,12-13,15H2,1-3H3,(H,21,24). The van der Waals surface area contributed by atoms with Crippen molar-refractivity contribution in [3.05, 3.63) is 29.8 Å². The zero-order valence-corrected chi connectivity index (χ0v) is 17.8. The fourth-order valence-corrected chi connectivity index (χ4v) is 4.08. The van der Waals surface area contributed by atoms with E-state index in [0.29, 0.717) is 24.6 Å². The summed E-state index contributed by atoms with van der Waals surface area (Å²) in [6.07, 6.45) is 7.93. The zero-order valence-electron chi connectivity index (χ0n) is 17.0. The van der Waals surface area contributed by atoms with E-state index in [1.165, 1.54) is 38.6 Å². The third-order valence-electron chi connectivity index (χ3n) is 4.61. The summed E-state index contributed by atoms with van der Waals surface area (Å²) in [6.45, 7) is 2.86. The highest BCUT2D eigenvalue weighted by Gasteiger charge is 2.23. The van der Waals surface area contributed by atoms with Crippen LogP contribution in [0.3, 0.4) is 0 Å². The first-order valence-corrected chi connectivity index (χ1v) is 11.2. The van der Waals surface area contributed by atoms with Gasteiger partial charge in [-0.15, -0.1) is 0 Å². The molecule has 0 aromatic heterocycles. The number of ether oxygens (including phenoxy) is 1. The minimum Gasteiger partial charge on any atom is -0.492 e. The number of nitrogens with zero attached hydrogens (tertiary/aromatic N) is 1. The Morgan fingerprint density at radius 2 is 2.04 bits per heavy atom. The molecule has 1 aromatic carbocycles. The summed E-state index contributed by atoms with van der Waals surface area (Å²) in [7, 11) is -0.711. The van der Waals surface area contributed by atoms with Gasteiger partial charge in [0.2, 0.25) is 15.9 Å². The van der Waals surface area contributed by atoms with Gasteiger partial charge in [0.1, 0.15) is 10.6 Å². The Kier molecular flexibility index (Phi) is 8.32. The SMILES string of the molecule is CCOc1ccc(NCC(=O)NCCC2=CCCCC2)cc1S(=O)(=O)N(C)C. The Labute approximate surface area is 168 Å². The molecule has 0 saturated heterocycles. The highest BCUT2D eigenvalue weighted by atomic mass is 32.2. The first kappa shape index (κ1) is 22.2.